The predicted molar refractivity (Wildman–Crippen MR) is 82.0 cm³/mol. The van der Waals surface area contributed by atoms with Crippen LogP contribution in [0.3, 0.4) is 0 Å². The van der Waals surface area contributed by atoms with Crippen LogP contribution in [0.1, 0.15) is 5.56 Å². The molecule has 3 rings (SSSR count). The standard InChI is InChI=1S/C15H11ClN4/c1-8-3-14-9(4-13(8)18-2)10(6-20-14)11-5-19-7-12(17)15(11)16/h3-7,20H,17H2,1H3. The minimum atomic E-state index is 0.441. The quantitative estimate of drug-likeness (QED) is 0.653. The number of benzene rings is 1. The molecule has 0 amide bonds. The first-order valence-corrected chi connectivity index (χ1v) is 6.38. The van der Waals surface area contributed by atoms with Gasteiger partial charge in [0.1, 0.15) is 0 Å². The number of pyridine rings is 1. The molecule has 0 bridgehead atoms. The van der Waals surface area contributed by atoms with E-state index in [2.05, 4.69) is 14.8 Å². The summed E-state index contributed by atoms with van der Waals surface area (Å²) in [6.45, 7) is 9.14. The summed E-state index contributed by atoms with van der Waals surface area (Å²) >= 11 is 6.25. The number of fused-ring (bicyclic) bond motifs is 1. The molecule has 0 fully saturated rings. The second kappa shape index (κ2) is 4.55. The Morgan fingerprint density at radius 2 is 2.10 bits per heavy atom. The minimum Gasteiger partial charge on any atom is -0.396 e. The molecule has 3 N–H and O–H groups in total. The fraction of sp³-hybridized carbons (Fsp3) is 0.0667. The summed E-state index contributed by atoms with van der Waals surface area (Å²) in [6, 6.07) is 3.82. The summed E-state index contributed by atoms with van der Waals surface area (Å²) in [5.41, 5.74) is 10.4. The molecular formula is C15H11ClN4. The molecule has 20 heavy (non-hydrogen) atoms. The van der Waals surface area contributed by atoms with Crippen molar-refractivity contribution in [2.45, 2.75) is 6.92 Å². The number of rotatable bonds is 1. The summed E-state index contributed by atoms with van der Waals surface area (Å²) in [6.07, 6.45) is 5.06. The summed E-state index contributed by atoms with van der Waals surface area (Å²) < 4.78 is 0. The van der Waals surface area contributed by atoms with Gasteiger partial charge in [-0.2, -0.15) is 0 Å². The lowest BCUT2D eigenvalue weighted by Crippen LogP contribution is -1.90. The van der Waals surface area contributed by atoms with E-state index in [9.17, 15) is 0 Å². The van der Waals surface area contributed by atoms with Gasteiger partial charge in [-0.1, -0.05) is 11.6 Å². The Kier molecular flexibility index (Phi) is 2.85. The lowest BCUT2D eigenvalue weighted by atomic mass is 10.0. The Labute approximate surface area is 121 Å². The average molecular weight is 283 g/mol. The molecular weight excluding hydrogens is 272 g/mol. The highest BCUT2D eigenvalue weighted by Crippen LogP contribution is 2.37. The van der Waals surface area contributed by atoms with Crippen molar-refractivity contribution < 1.29 is 0 Å². The lowest BCUT2D eigenvalue weighted by Gasteiger charge is -2.05. The van der Waals surface area contributed by atoms with Crippen LogP contribution in [-0.2, 0) is 0 Å². The third kappa shape index (κ3) is 1.80. The van der Waals surface area contributed by atoms with Gasteiger partial charge >= 0.3 is 0 Å². The van der Waals surface area contributed by atoms with E-state index in [4.69, 9.17) is 23.9 Å². The van der Waals surface area contributed by atoms with E-state index in [0.29, 0.717) is 16.4 Å². The van der Waals surface area contributed by atoms with Gasteiger partial charge in [0, 0.05) is 29.0 Å². The molecule has 98 valence electrons. The summed E-state index contributed by atoms with van der Waals surface area (Å²) in [5.74, 6) is 0. The number of aryl methyl sites for hydroxylation is 1. The van der Waals surface area contributed by atoms with E-state index in [-0.39, 0.29) is 0 Å². The molecule has 0 aliphatic heterocycles. The van der Waals surface area contributed by atoms with E-state index in [1.54, 1.807) is 6.20 Å². The number of H-pyrrole nitrogens is 1. The summed E-state index contributed by atoms with van der Waals surface area (Å²) in [4.78, 5) is 10.8. The van der Waals surface area contributed by atoms with Crippen LogP contribution in [0.25, 0.3) is 26.9 Å². The highest BCUT2D eigenvalue weighted by molar-refractivity contribution is 6.36. The SMILES string of the molecule is [C-]#[N+]c1cc2c(-c3cncc(N)c3Cl)c[nH]c2cc1C. The second-order valence-corrected chi connectivity index (χ2v) is 4.97. The normalized spacial score (nSPS) is 10.7. The zero-order valence-electron chi connectivity index (χ0n) is 10.7. The van der Waals surface area contributed by atoms with Gasteiger partial charge in [-0.05, 0) is 30.0 Å². The lowest BCUT2D eigenvalue weighted by molar-refractivity contribution is 1.33. The number of hydrogen-bond donors (Lipinski definition) is 2. The van der Waals surface area contributed by atoms with E-state index in [0.717, 1.165) is 27.6 Å². The van der Waals surface area contributed by atoms with Gasteiger partial charge in [0.25, 0.3) is 0 Å². The van der Waals surface area contributed by atoms with Gasteiger partial charge in [-0.3, -0.25) is 4.98 Å². The van der Waals surface area contributed by atoms with E-state index < -0.39 is 0 Å². The van der Waals surface area contributed by atoms with Crippen molar-refractivity contribution in [3.8, 4) is 11.1 Å². The van der Waals surface area contributed by atoms with Crippen molar-refractivity contribution in [2.24, 2.45) is 0 Å². The zero-order valence-corrected chi connectivity index (χ0v) is 11.5. The number of nitrogens with one attached hydrogen (secondary N) is 1. The summed E-state index contributed by atoms with van der Waals surface area (Å²) in [5, 5.41) is 1.42. The van der Waals surface area contributed by atoms with Crippen LogP contribution < -0.4 is 5.73 Å². The van der Waals surface area contributed by atoms with Crippen LogP contribution in [-0.4, -0.2) is 9.97 Å². The maximum Gasteiger partial charge on any atom is 0.190 e. The first kappa shape index (κ1) is 12.5. The van der Waals surface area contributed by atoms with E-state index >= 15 is 0 Å². The van der Waals surface area contributed by atoms with Crippen molar-refractivity contribution in [1.29, 1.82) is 0 Å². The third-order valence-corrected chi connectivity index (χ3v) is 3.74. The summed E-state index contributed by atoms with van der Waals surface area (Å²) in [7, 11) is 0. The van der Waals surface area contributed by atoms with Crippen molar-refractivity contribution >= 4 is 33.9 Å². The van der Waals surface area contributed by atoms with Crippen LogP contribution in [0.4, 0.5) is 11.4 Å². The second-order valence-electron chi connectivity index (χ2n) is 4.59. The fourth-order valence-corrected chi connectivity index (χ4v) is 2.46. The Balaban J connectivity index is 2.33. The average Bonchev–Trinajstić information content (AvgIpc) is 2.83. The maximum atomic E-state index is 7.22. The van der Waals surface area contributed by atoms with Crippen molar-refractivity contribution in [3.05, 3.63) is 52.7 Å². The first-order valence-electron chi connectivity index (χ1n) is 6.00. The van der Waals surface area contributed by atoms with E-state index in [1.807, 2.05) is 25.3 Å². The Morgan fingerprint density at radius 1 is 1.30 bits per heavy atom. The molecule has 0 atom stereocenters. The van der Waals surface area contributed by atoms with Crippen LogP contribution in [0.5, 0.6) is 0 Å². The number of aromatic amines is 1. The van der Waals surface area contributed by atoms with Crippen molar-refractivity contribution in [3.63, 3.8) is 0 Å². The minimum absolute atomic E-state index is 0.441. The monoisotopic (exact) mass is 282 g/mol. The number of anilines is 1. The molecule has 2 heterocycles. The molecule has 0 radical (unpaired) electrons. The topological polar surface area (TPSA) is 59.1 Å². The molecule has 3 aromatic rings. The number of nitrogens with zero attached hydrogens (tertiary/aromatic N) is 2. The number of halogens is 1. The molecule has 2 aromatic heterocycles. The fourth-order valence-electron chi connectivity index (χ4n) is 2.26. The van der Waals surface area contributed by atoms with E-state index in [1.165, 1.54) is 6.20 Å². The highest BCUT2D eigenvalue weighted by Gasteiger charge is 2.13. The Hall–Kier alpha value is -2.51. The molecule has 0 spiro atoms. The molecule has 0 unspecified atom stereocenters. The molecule has 0 saturated carbocycles. The Morgan fingerprint density at radius 3 is 2.85 bits per heavy atom. The van der Waals surface area contributed by atoms with Crippen molar-refractivity contribution in [2.75, 3.05) is 5.73 Å². The van der Waals surface area contributed by atoms with Crippen LogP contribution >= 0.6 is 11.6 Å². The first-order chi connectivity index (χ1) is 9.61. The van der Waals surface area contributed by atoms with Crippen LogP contribution in [0.15, 0.2) is 30.7 Å². The number of hydrogen-bond acceptors (Lipinski definition) is 2. The van der Waals surface area contributed by atoms with Gasteiger partial charge in [-0.15, -0.1) is 0 Å². The molecule has 0 saturated heterocycles. The number of nitrogens with two attached hydrogens (primary N) is 1. The van der Waals surface area contributed by atoms with Gasteiger partial charge in [0.15, 0.2) is 5.69 Å². The third-order valence-electron chi connectivity index (χ3n) is 3.32. The Bertz CT molecular complexity index is 858. The molecule has 0 aliphatic rings. The molecule has 4 nitrogen and oxygen atoms in total. The highest BCUT2D eigenvalue weighted by atomic mass is 35.5. The zero-order chi connectivity index (χ0) is 14.3. The van der Waals surface area contributed by atoms with Crippen LogP contribution in [0.2, 0.25) is 5.02 Å². The largest absolute Gasteiger partial charge is 0.396 e. The predicted octanol–water partition coefficient (Wildman–Crippen LogP) is 4.32. The molecule has 0 aliphatic carbocycles. The molecule has 1 aromatic carbocycles. The number of aromatic nitrogens is 2. The van der Waals surface area contributed by atoms with Gasteiger partial charge in [0.2, 0.25) is 0 Å². The van der Waals surface area contributed by atoms with Gasteiger partial charge < -0.3 is 10.7 Å². The number of nitrogen functional groups attached to an aromatic ring is 1. The smallest absolute Gasteiger partial charge is 0.190 e. The van der Waals surface area contributed by atoms with Gasteiger partial charge in [0.05, 0.1) is 23.5 Å². The van der Waals surface area contributed by atoms with Crippen LogP contribution in [0, 0.1) is 13.5 Å². The van der Waals surface area contributed by atoms with Crippen molar-refractivity contribution in [1.82, 2.24) is 9.97 Å². The maximum absolute atomic E-state index is 7.22. The molecule has 5 heteroatoms. The van der Waals surface area contributed by atoms with Gasteiger partial charge in [-0.25, -0.2) is 4.85 Å².